The van der Waals surface area contributed by atoms with Gasteiger partial charge in [0.15, 0.2) is 0 Å². The van der Waals surface area contributed by atoms with Crippen molar-refractivity contribution in [3.8, 4) is 17.2 Å². The van der Waals surface area contributed by atoms with Gasteiger partial charge in [0.25, 0.3) is 0 Å². The van der Waals surface area contributed by atoms with E-state index >= 15 is 0 Å². The normalized spacial score (nSPS) is 10.9. The van der Waals surface area contributed by atoms with Gasteiger partial charge in [0.2, 0.25) is 5.95 Å². The molecule has 0 aliphatic rings. The van der Waals surface area contributed by atoms with Gasteiger partial charge in [0.05, 0.1) is 25.2 Å². The Labute approximate surface area is 140 Å². The van der Waals surface area contributed by atoms with Crippen molar-refractivity contribution in [2.75, 3.05) is 12.8 Å². The average Bonchev–Trinajstić information content (AvgIpc) is 2.91. The Hall–Kier alpha value is -3.28. The molecule has 0 spiro atoms. The molecule has 0 atom stereocenters. The van der Waals surface area contributed by atoms with Crippen LogP contribution in [0.1, 0.15) is 11.3 Å². The van der Waals surface area contributed by atoms with Crippen LogP contribution in [0.25, 0.3) is 0 Å². The first-order valence-corrected chi connectivity index (χ1v) is 7.42. The quantitative estimate of drug-likeness (QED) is 0.730. The maximum atomic E-state index is 5.84. The summed E-state index contributed by atoms with van der Waals surface area (Å²) in [7, 11) is 1.63. The number of ether oxygens (including phenoxy) is 2. The molecule has 6 nitrogen and oxygen atoms in total. The Morgan fingerprint density at radius 3 is 2.50 bits per heavy atom. The van der Waals surface area contributed by atoms with Crippen molar-refractivity contribution in [3.63, 3.8) is 0 Å². The van der Waals surface area contributed by atoms with Crippen molar-refractivity contribution in [1.29, 1.82) is 0 Å². The number of anilines is 1. The van der Waals surface area contributed by atoms with E-state index in [2.05, 4.69) is 10.1 Å². The number of aryl methyl sites for hydroxylation is 1. The summed E-state index contributed by atoms with van der Waals surface area (Å²) in [4.78, 5) is 4.10. The van der Waals surface area contributed by atoms with Crippen molar-refractivity contribution >= 4 is 12.2 Å². The molecule has 2 aromatic carbocycles. The molecule has 0 fully saturated rings. The first-order valence-electron chi connectivity index (χ1n) is 7.42. The molecule has 6 heteroatoms. The van der Waals surface area contributed by atoms with Gasteiger partial charge in [0, 0.05) is 0 Å². The maximum absolute atomic E-state index is 5.84. The van der Waals surface area contributed by atoms with Crippen LogP contribution in [0.2, 0.25) is 0 Å². The van der Waals surface area contributed by atoms with Crippen LogP contribution >= 0.6 is 0 Å². The fourth-order valence-corrected chi connectivity index (χ4v) is 2.16. The molecule has 0 saturated heterocycles. The molecule has 0 aliphatic carbocycles. The van der Waals surface area contributed by atoms with Gasteiger partial charge in [-0.3, -0.25) is 0 Å². The Morgan fingerprint density at radius 2 is 1.83 bits per heavy atom. The number of imidazole rings is 1. The predicted molar refractivity (Wildman–Crippen MR) is 93.9 cm³/mol. The minimum absolute atomic E-state index is 0.356. The van der Waals surface area contributed by atoms with Crippen molar-refractivity contribution in [1.82, 2.24) is 9.66 Å². The molecule has 0 radical (unpaired) electrons. The minimum atomic E-state index is 0.356. The van der Waals surface area contributed by atoms with Crippen LogP contribution in [-0.4, -0.2) is 23.0 Å². The number of rotatable bonds is 5. The summed E-state index contributed by atoms with van der Waals surface area (Å²) in [5.74, 6) is 2.60. The molecule has 2 N–H and O–H groups in total. The summed E-state index contributed by atoms with van der Waals surface area (Å²) in [5, 5.41) is 4.30. The Kier molecular flexibility index (Phi) is 4.47. The number of aromatic nitrogens is 2. The third kappa shape index (κ3) is 3.73. The largest absolute Gasteiger partial charge is 0.497 e. The fraction of sp³-hybridized carbons (Fsp3) is 0.111. The second kappa shape index (κ2) is 6.87. The highest BCUT2D eigenvalue weighted by atomic mass is 16.5. The molecule has 0 unspecified atom stereocenters. The number of hydrogen-bond acceptors (Lipinski definition) is 5. The van der Waals surface area contributed by atoms with Gasteiger partial charge in [-0.2, -0.15) is 5.10 Å². The number of nitrogen functional groups attached to an aromatic ring is 1. The number of methoxy groups -OCH3 is 1. The van der Waals surface area contributed by atoms with E-state index in [-0.39, 0.29) is 0 Å². The zero-order chi connectivity index (χ0) is 16.9. The summed E-state index contributed by atoms with van der Waals surface area (Å²) >= 11 is 0. The van der Waals surface area contributed by atoms with Gasteiger partial charge >= 0.3 is 0 Å². The van der Waals surface area contributed by atoms with E-state index in [9.17, 15) is 0 Å². The maximum Gasteiger partial charge on any atom is 0.221 e. The van der Waals surface area contributed by atoms with Gasteiger partial charge in [-0.25, -0.2) is 9.66 Å². The van der Waals surface area contributed by atoms with Crippen molar-refractivity contribution in [2.24, 2.45) is 5.10 Å². The number of benzene rings is 2. The summed E-state index contributed by atoms with van der Waals surface area (Å²) in [5.41, 5.74) is 7.48. The van der Waals surface area contributed by atoms with Crippen LogP contribution in [0, 0.1) is 6.92 Å². The zero-order valence-corrected chi connectivity index (χ0v) is 13.5. The lowest BCUT2D eigenvalue weighted by atomic mass is 10.2. The zero-order valence-electron chi connectivity index (χ0n) is 13.5. The SMILES string of the molecule is COc1ccc(Oc2cccc(C=Nn3cc(C)nc3N)c2)cc1. The van der Waals surface area contributed by atoms with Crippen LogP contribution in [0.4, 0.5) is 5.95 Å². The second-order valence-electron chi connectivity index (χ2n) is 5.18. The van der Waals surface area contributed by atoms with E-state index in [0.29, 0.717) is 5.95 Å². The minimum Gasteiger partial charge on any atom is -0.497 e. The second-order valence-corrected chi connectivity index (χ2v) is 5.18. The molecule has 24 heavy (non-hydrogen) atoms. The van der Waals surface area contributed by atoms with Gasteiger partial charge in [-0.15, -0.1) is 0 Å². The highest BCUT2D eigenvalue weighted by molar-refractivity contribution is 5.80. The monoisotopic (exact) mass is 322 g/mol. The summed E-state index contributed by atoms with van der Waals surface area (Å²) in [6, 6.07) is 15.0. The number of hydrogen-bond donors (Lipinski definition) is 1. The van der Waals surface area contributed by atoms with E-state index in [1.54, 1.807) is 19.5 Å². The van der Waals surface area contributed by atoms with E-state index in [1.165, 1.54) is 4.68 Å². The van der Waals surface area contributed by atoms with Crippen LogP contribution in [0.5, 0.6) is 17.2 Å². The summed E-state index contributed by atoms with van der Waals surface area (Å²) < 4.78 is 12.5. The first-order chi connectivity index (χ1) is 11.6. The lowest BCUT2D eigenvalue weighted by Gasteiger charge is -2.07. The summed E-state index contributed by atoms with van der Waals surface area (Å²) in [6.07, 6.45) is 3.47. The number of nitrogens with two attached hydrogens (primary N) is 1. The topological polar surface area (TPSA) is 74.7 Å². The van der Waals surface area contributed by atoms with Crippen molar-refractivity contribution in [3.05, 3.63) is 66.0 Å². The lowest BCUT2D eigenvalue weighted by Crippen LogP contribution is -1.97. The average molecular weight is 322 g/mol. The van der Waals surface area contributed by atoms with E-state index in [1.807, 2.05) is 55.5 Å². The van der Waals surface area contributed by atoms with E-state index in [0.717, 1.165) is 28.5 Å². The molecule has 0 saturated carbocycles. The Morgan fingerprint density at radius 1 is 1.08 bits per heavy atom. The van der Waals surface area contributed by atoms with Crippen molar-refractivity contribution < 1.29 is 9.47 Å². The summed E-state index contributed by atoms with van der Waals surface area (Å²) in [6.45, 7) is 1.87. The molecular formula is C18H18N4O2. The predicted octanol–water partition coefficient (Wildman–Crippen LogP) is 3.46. The smallest absolute Gasteiger partial charge is 0.221 e. The van der Waals surface area contributed by atoms with E-state index < -0.39 is 0 Å². The van der Waals surface area contributed by atoms with Crippen LogP contribution in [-0.2, 0) is 0 Å². The molecule has 3 rings (SSSR count). The van der Waals surface area contributed by atoms with Crippen LogP contribution in [0.3, 0.4) is 0 Å². The van der Waals surface area contributed by atoms with E-state index in [4.69, 9.17) is 15.2 Å². The molecule has 0 amide bonds. The van der Waals surface area contributed by atoms with Gasteiger partial charge in [-0.1, -0.05) is 12.1 Å². The number of nitrogens with zero attached hydrogens (tertiary/aromatic N) is 3. The third-order valence-corrected chi connectivity index (χ3v) is 3.32. The van der Waals surface area contributed by atoms with Gasteiger partial charge in [0.1, 0.15) is 17.2 Å². The lowest BCUT2D eigenvalue weighted by molar-refractivity contribution is 0.413. The molecule has 0 bridgehead atoms. The fourth-order valence-electron chi connectivity index (χ4n) is 2.16. The van der Waals surface area contributed by atoms with Crippen LogP contribution < -0.4 is 15.2 Å². The molecule has 1 aromatic heterocycles. The molecule has 1 heterocycles. The van der Waals surface area contributed by atoms with Gasteiger partial charge < -0.3 is 15.2 Å². The van der Waals surface area contributed by atoms with Gasteiger partial charge in [-0.05, 0) is 48.9 Å². The standard InChI is InChI=1S/C18H18N4O2/c1-13-12-22(18(19)21-13)20-11-14-4-3-5-17(10-14)24-16-8-6-15(23-2)7-9-16/h3-12H,1-2H3,(H2,19,21). The highest BCUT2D eigenvalue weighted by Crippen LogP contribution is 2.24. The highest BCUT2D eigenvalue weighted by Gasteiger charge is 2.01. The molecular weight excluding hydrogens is 304 g/mol. The molecule has 0 aliphatic heterocycles. The Balaban J connectivity index is 1.74. The Bertz CT molecular complexity index is 854. The molecule has 122 valence electrons. The first kappa shape index (κ1) is 15.6. The third-order valence-electron chi connectivity index (χ3n) is 3.32. The van der Waals surface area contributed by atoms with Crippen LogP contribution in [0.15, 0.2) is 59.8 Å². The van der Waals surface area contributed by atoms with Crippen molar-refractivity contribution in [2.45, 2.75) is 6.92 Å². The molecule has 3 aromatic rings.